The molecule has 114 valence electrons. The van der Waals surface area contributed by atoms with Crippen LogP contribution in [-0.4, -0.2) is 17.4 Å². The summed E-state index contributed by atoms with van der Waals surface area (Å²) < 4.78 is 0. The first-order valence-corrected chi connectivity index (χ1v) is 7.10. The van der Waals surface area contributed by atoms with E-state index in [0.717, 1.165) is 10.8 Å². The molecule has 3 aromatic rings. The second kappa shape index (κ2) is 6.62. The summed E-state index contributed by atoms with van der Waals surface area (Å²) in [6.07, 6.45) is 1.39. The van der Waals surface area contributed by atoms with Crippen LogP contribution in [0.2, 0.25) is 0 Å². The number of hydrazone groups is 1. The van der Waals surface area contributed by atoms with Crippen LogP contribution in [0.15, 0.2) is 71.8 Å². The molecular formula is C18H15N3O2. The molecular weight excluding hydrogens is 290 g/mol. The average Bonchev–Trinajstić information content (AvgIpc) is 2.57. The fourth-order valence-electron chi connectivity index (χ4n) is 2.24. The number of phenols is 1. The van der Waals surface area contributed by atoms with Crippen molar-refractivity contribution in [3.63, 3.8) is 0 Å². The molecule has 0 unspecified atom stereocenters. The molecule has 0 saturated heterocycles. The highest BCUT2D eigenvalue weighted by atomic mass is 16.3. The van der Waals surface area contributed by atoms with Crippen molar-refractivity contribution in [1.29, 1.82) is 0 Å². The van der Waals surface area contributed by atoms with E-state index in [1.165, 1.54) is 6.21 Å². The number of hydrogen-bond donors (Lipinski definition) is 3. The van der Waals surface area contributed by atoms with Gasteiger partial charge in [0, 0.05) is 10.9 Å². The van der Waals surface area contributed by atoms with Gasteiger partial charge in [0.2, 0.25) is 0 Å². The summed E-state index contributed by atoms with van der Waals surface area (Å²) in [4.78, 5) is 11.9. The number of carbonyl (C=O) groups excluding carboxylic acids is 1. The summed E-state index contributed by atoms with van der Waals surface area (Å²) >= 11 is 0. The van der Waals surface area contributed by atoms with Crippen LogP contribution in [0.1, 0.15) is 5.56 Å². The smallest absolute Gasteiger partial charge is 0.339 e. The van der Waals surface area contributed by atoms with Gasteiger partial charge in [-0.2, -0.15) is 5.10 Å². The van der Waals surface area contributed by atoms with E-state index in [1.807, 2.05) is 42.5 Å². The van der Waals surface area contributed by atoms with Crippen LogP contribution in [0.3, 0.4) is 0 Å². The number of benzene rings is 3. The zero-order chi connectivity index (χ0) is 16.1. The highest BCUT2D eigenvalue weighted by molar-refractivity contribution is 6.01. The predicted molar refractivity (Wildman–Crippen MR) is 91.8 cm³/mol. The summed E-state index contributed by atoms with van der Waals surface area (Å²) in [5.41, 5.74) is 3.61. The average molecular weight is 305 g/mol. The number of fused-ring (bicyclic) bond motifs is 1. The van der Waals surface area contributed by atoms with Gasteiger partial charge in [-0.1, -0.05) is 48.5 Å². The first-order chi connectivity index (χ1) is 11.2. The number of aromatic hydroxyl groups is 1. The molecule has 2 amide bonds. The molecule has 3 aromatic carbocycles. The van der Waals surface area contributed by atoms with E-state index < -0.39 is 6.03 Å². The van der Waals surface area contributed by atoms with Crippen LogP contribution in [0.25, 0.3) is 10.8 Å². The summed E-state index contributed by atoms with van der Waals surface area (Å²) in [5, 5.41) is 18.2. The fraction of sp³-hybridized carbons (Fsp3) is 0. The number of para-hydroxylation sites is 1. The van der Waals surface area contributed by atoms with E-state index >= 15 is 0 Å². The highest BCUT2D eigenvalue weighted by Crippen LogP contribution is 2.22. The van der Waals surface area contributed by atoms with Gasteiger partial charge in [-0.3, -0.25) is 0 Å². The van der Waals surface area contributed by atoms with E-state index in [2.05, 4.69) is 15.8 Å². The zero-order valence-electron chi connectivity index (χ0n) is 12.2. The molecule has 0 radical (unpaired) electrons. The molecule has 5 heteroatoms. The molecule has 0 aliphatic heterocycles. The maximum absolute atomic E-state index is 11.9. The van der Waals surface area contributed by atoms with Gasteiger partial charge in [-0.25, -0.2) is 10.2 Å². The topological polar surface area (TPSA) is 73.7 Å². The second-order valence-corrected chi connectivity index (χ2v) is 4.91. The van der Waals surface area contributed by atoms with Gasteiger partial charge in [-0.15, -0.1) is 0 Å². The minimum Gasteiger partial charge on any atom is -0.507 e. The molecule has 0 aromatic heterocycles. The molecule has 0 bridgehead atoms. The van der Waals surface area contributed by atoms with Gasteiger partial charge in [0.1, 0.15) is 5.75 Å². The van der Waals surface area contributed by atoms with Gasteiger partial charge in [0.25, 0.3) is 0 Å². The van der Waals surface area contributed by atoms with Crippen LogP contribution >= 0.6 is 0 Å². The number of phenolic OH excluding ortho intramolecular Hbond substituents is 1. The lowest BCUT2D eigenvalue weighted by Gasteiger charge is -2.07. The van der Waals surface area contributed by atoms with E-state index in [4.69, 9.17) is 0 Å². The maximum atomic E-state index is 11.9. The van der Waals surface area contributed by atoms with E-state index in [9.17, 15) is 9.90 Å². The van der Waals surface area contributed by atoms with Crippen LogP contribution in [0.5, 0.6) is 5.75 Å². The number of nitrogens with zero attached hydrogens (tertiary/aromatic N) is 1. The standard InChI is InChI=1S/C18H15N3O2/c22-17-11-4-2-7-14(17)12-19-21-18(23)20-16-10-5-8-13-6-1-3-9-15(13)16/h1-12,22H,(H2,20,21,23)/b19-12+. The lowest BCUT2D eigenvalue weighted by atomic mass is 10.1. The lowest BCUT2D eigenvalue weighted by molar-refractivity contribution is 0.252. The summed E-state index contributed by atoms with van der Waals surface area (Å²) in [6.45, 7) is 0. The van der Waals surface area contributed by atoms with E-state index in [0.29, 0.717) is 11.3 Å². The van der Waals surface area contributed by atoms with Crippen LogP contribution in [-0.2, 0) is 0 Å². The van der Waals surface area contributed by atoms with Gasteiger partial charge in [0.15, 0.2) is 0 Å². The van der Waals surface area contributed by atoms with Crippen molar-refractivity contribution in [2.45, 2.75) is 0 Å². The quantitative estimate of drug-likeness (QED) is 0.510. The third-order valence-corrected chi connectivity index (χ3v) is 3.34. The molecule has 23 heavy (non-hydrogen) atoms. The SMILES string of the molecule is O=C(N/N=C/c1ccccc1O)Nc1cccc2ccccc12. The van der Waals surface area contributed by atoms with Crippen molar-refractivity contribution in [2.75, 3.05) is 5.32 Å². The Morgan fingerprint density at radius 3 is 2.57 bits per heavy atom. The molecule has 0 spiro atoms. The second-order valence-electron chi connectivity index (χ2n) is 4.91. The Hall–Kier alpha value is -3.34. The van der Waals surface area contributed by atoms with Gasteiger partial charge >= 0.3 is 6.03 Å². The molecule has 3 rings (SSSR count). The Labute approximate surface area is 133 Å². The summed E-state index contributed by atoms with van der Waals surface area (Å²) in [7, 11) is 0. The Bertz CT molecular complexity index is 870. The van der Waals surface area contributed by atoms with Crippen LogP contribution in [0.4, 0.5) is 10.5 Å². The van der Waals surface area contributed by atoms with Crippen LogP contribution < -0.4 is 10.7 Å². The minimum atomic E-state index is -0.451. The minimum absolute atomic E-state index is 0.104. The molecule has 0 fully saturated rings. The first-order valence-electron chi connectivity index (χ1n) is 7.10. The Morgan fingerprint density at radius 2 is 1.70 bits per heavy atom. The Kier molecular flexibility index (Phi) is 4.20. The summed E-state index contributed by atoms with van der Waals surface area (Å²) in [6, 6.07) is 19.8. The van der Waals surface area contributed by atoms with Crippen molar-refractivity contribution in [3.8, 4) is 5.75 Å². The highest BCUT2D eigenvalue weighted by Gasteiger charge is 2.04. The molecule has 0 saturated carbocycles. The van der Waals surface area contributed by atoms with E-state index in [1.54, 1.807) is 24.3 Å². The third-order valence-electron chi connectivity index (χ3n) is 3.34. The van der Waals surface area contributed by atoms with Gasteiger partial charge in [0.05, 0.1) is 11.9 Å². The van der Waals surface area contributed by atoms with Crippen molar-refractivity contribution in [2.24, 2.45) is 5.10 Å². The van der Waals surface area contributed by atoms with Crippen molar-refractivity contribution < 1.29 is 9.90 Å². The number of rotatable bonds is 3. The maximum Gasteiger partial charge on any atom is 0.339 e. The molecule has 0 heterocycles. The van der Waals surface area contributed by atoms with Crippen molar-refractivity contribution >= 4 is 28.7 Å². The van der Waals surface area contributed by atoms with Gasteiger partial charge in [-0.05, 0) is 23.6 Å². The van der Waals surface area contributed by atoms with Crippen molar-refractivity contribution in [1.82, 2.24) is 5.43 Å². The lowest BCUT2D eigenvalue weighted by Crippen LogP contribution is -2.24. The summed E-state index contributed by atoms with van der Waals surface area (Å²) in [5.74, 6) is 0.104. The normalized spacial score (nSPS) is 10.8. The Morgan fingerprint density at radius 1 is 0.957 bits per heavy atom. The predicted octanol–water partition coefficient (Wildman–Crippen LogP) is 3.70. The number of anilines is 1. The third kappa shape index (κ3) is 3.47. The Balaban J connectivity index is 1.69. The number of amides is 2. The number of hydrogen-bond acceptors (Lipinski definition) is 3. The molecule has 0 aliphatic rings. The zero-order valence-corrected chi connectivity index (χ0v) is 12.2. The number of urea groups is 1. The van der Waals surface area contributed by atoms with E-state index in [-0.39, 0.29) is 5.75 Å². The molecule has 0 aliphatic carbocycles. The fourth-order valence-corrected chi connectivity index (χ4v) is 2.24. The van der Waals surface area contributed by atoms with Crippen molar-refractivity contribution in [3.05, 3.63) is 72.3 Å². The van der Waals surface area contributed by atoms with Gasteiger partial charge < -0.3 is 10.4 Å². The monoisotopic (exact) mass is 305 g/mol. The number of carbonyl (C=O) groups is 1. The first kappa shape index (κ1) is 14.6. The molecule has 0 atom stereocenters. The molecule has 3 N–H and O–H groups in total. The largest absolute Gasteiger partial charge is 0.507 e. The molecule has 5 nitrogen and oxygen atoms in total. The van der Waals surface area contributed by atoms with Crippen LogP contribution in [0, 0.1) is 0 Å². The number of nitrogens with one attached hydrogen (secondary N) is 2.